The van der Waals surface area contributed by atoms with E-state index in [-0.39, 0.29) is 30.0 Å². The molecule has 1 aromatic heterocycles. The lowest BCUT2D eigenvalue weighted by Gasteiger charge is -2.14. The molecule has 0 aliphatic rings. The van der Waals surface area contributed by atoms with Crippen molar-refractivity contribution in [3.63, 3.8) is 0 Å². The Labute approximate surface area is 112 Å². The summed E-state index contributed by atoms with van der Waals surface area (Å²) in [6.45, 7) is 5.61. The Balaban J connectivity index is 2.96. The molecule has 0 fully saturated rings. The van der Waals surface area contributed by atoms with Crippen LogP contribution in [0.4, 0.5) is 0 Å². The first-order valence-electron chi connectivity index (χ1n) is 5.91. The summed E-state index contributed by atoms with van der Waals surface area (Å²) >= 11 is 0. The summed E-state index contributed by atoms with van der Waals surface area (Å²) in [7, 11) is -3.24. The zero-order chi connectivity index (χ0) is 14.6. The van der Waals surface area contributed by atoms with Gasteiger partial charge in [-0.15, -0.1) is 0 Å². The Morgan fingerprint density at radius 2 is 2.05 bits per heavy atom. The van der Waals surface area contributed by atoms with Crippen molar-refractivity contribution in [2.45, 2.75) is 32.4 Å². The molecule has 19 heavy (non-hydrogen) atoms. The maximum absolute atomic E-state index is 11.8. The predicted molar refractivity (Wildman–Crippen MR) is 67.1 cm³/mol. The molecule has 1 aromatic rings. The first-order valence-corrected chi connectivity index (χ1v) is 7.97. The lowest BCUT2D eigenvalue weighted by Crippen LogP contribution is -2.21. The average molecular weight is 290 g/mol. The van der Waals surface area contributed by atoms with Crippen LogP contribution in [-0.2, 0) is 25.1 Å². The van der Waals surface area contributed by atoms with Crippen molar-refractivity contribution in [1.29, 1.82) is 0 Å². The van der Waals surface area contributed by atoms with Crippen molar-refractivity contribution < 1.29 is 22.5 Å². The smallest absolute Gasteiger partial charge is 0.318 e. The summed E-state index contributed by atoms with van der Waals surface area (Å²) in [5, 5.41) is 3.57. The molecule has 0 saturated carbocycles. The van der Waals surface area contributed by atoms with Crippen LogP contribution >= 0.6 is 0 Å². The number of hydrogen-bond donors (Lipinski definition) is 0. The van der Waals surface area contributed by atoms with Crippen LogP contribution in [0.1, 0.15) is 38.4 Å². The van der Waals surface area contributed by atoms with E-state index in [2.05, 4.69) is 10.1 Å². The molecular formula is C11H18N2O5S. The van der Waals surface area contributed by atoms with Crippen molar-refractivity contribution in [1.82, 2.24) is 10.1 Å². The van der Waals surface area contributed by atoms with E-state index in [1.54, 1.807) is 6.92 Å². The van der Waals surface area contributed by atoms with Gasteiger partial charge in [0.15, 0.2) is 15.7 Å². The third kappa shape index (κ3) is 4.62. The Hall–Kier alpha value is -1.44. The van der Waals surface area contributed by atoms with Gasteiger partial charge in [0.2, 0.25) is 5.89 Å². The zero-order valence-electron chi connectivity index (χ0n) is 11.4. The molecule has 0 radical (unpaired) electrons. The molecule has 0 aliphatic carbocycles. The second kappa shape index (κ2) is 6.14. The molecule has 108 valence electrons. The molecule has 0 bridgehead atoms. The van der Waals surface area contributed by atoms with Gasteiger partial charge >= 0.3 is 5.97 Å². The van der Waals surface area contributed by atoms with E-state index in [0.29, 0.717) is 0 Å². The highest BCUT2D eigenvalue weighted by Gasteiger charge is 2.31. The van der Waals surface area contributed by atoms with Gasteiger partial charge in [0, 0.05) is 6.26 Å². The van der Waals surface area contributed by atoms with Crippen molar-refractivity contribution in [2.24, 2.45) is 5.92 Å². The fraction of sp³-hybridized carbons (Fsp3) is 0.727. The van der Waals surface area contributed by atoms with Crippen LogP contribution in [0.25, 0.3) is 0 Å². The van der Waals surface area contributed by atoms with Gasteiger partial charge in [-0.05, 0) is 12.8 Å². The number of carbonyl (C=O) groups excluding carboxylic acids is 1. The third-order valence-electron chi connectivity index (χ3n) is 2.35. The van der Waals surface area contributed by atoms with Crippen molar-refractivity contribution in [2.75, 3.05) is 12.9 Å². The Kier molecular flexibility index (Phi) is 5.04. The van der Waals surface area contributed by atoms with E-state index in [4.69, 9.17) is 9.26 Å². The molecule has 0 saturated heterocycles. The number of nitrogens with zero attached hydrogens (tertiary/aromatic N) is 2. The number of esters is 1. The van der Waals surface area contributed by atoms with Crippen LogP contribution in [0, 0.1) is 5.92 Å². The summed E-state index contributed by atoms with van der Waals surface area (Å²) in [5.74, 6) is -1.40. The van der Waals surface area contributed by atoms with Crippen LogP contribution in [-0.4, -0.2) is 37.4 Å². The van der Waals surface area contributed by atoms with Crippen LogP contribution in [0.2, 0.25) is 0 Å². The molecule has 7 nitrogen and oxygen atoms in total. The highest BCUT2D eigenvalue weighted by Crippen LogP contribution is 2.24. The number of rotatable bonds is 6. The number of aromatic nitrogens is 2. The van der Waals surface area contributed by atoms with Gasteiger partial charge < -0.3 is 9.26 Å². The fourth-order valence-corrected chi connectivity index (χ4v) is 2.16. The molecule has 1 heterocycles. The number of sulfone groups is 1. The highest BCUT2D eigenvalue weighted by molar-refractivity contribution is 7.89. The Morgan fingerprint density at radius 1 is 1.42 bits per heavy atom. The zero-order valence-corrected chi connectivity index (χ0v) is 12.2. The molecule has 1 atom stereocenters. The quantitative estimate of drug-likeness (QED) is 0.718. The van der Waals surface area contributed by atoms with Crippen molar-refractivity contribution >= 4 is 15.8 Å². The lowest BCUT2D eigenvalue weighted by atomic mass is 9.96. The van der Waals surface area contributed by atoms with Gasteiger partial charge in [-0.25, -0.2) is 8.42 Å². The summed E-state index contributed by atoms with van der Waals surface area (Å²) < 4.78 is 32.2. The van der Waals surface area contributed by atoms with Gasteiger partial charge in [0.05, 0.1) is 6.61 Å². The number of ether oxygens (including phenoxy) is 1. The normalized spacial score (nSPS) is 13.5. The second-order valence-electron chi connectivity index (χ2n) is 4.59. The summed E-state index contributed by atoms with van der Waals surface area (Å²) in [6.07, 6.45) is 1.08. The molecule has 0 aliphatic heterocycles. The van der Waals surface area contributed by atoms with E-state index in [0.717, 1.165) is 6.26 Å². The summed E-state index contributed by atoms with van der Waals surface area (Å²) in [6, 6.07) is 0. The van der Waals surface area contributed by atoms with Gasteiger partial charge in [0.25, 0.3) is 0 Å². The molecule has 1 unspecified atom stereocenters. The standard InChI is InChI=1S/C11H18N2O5S/c1-5-17-11(14)9(7(2)3)10-12-8(13-18-10)6-19(4,15)16/h7,9H,5-6H2,1-4H3. The average Bonchev–Trinajstić information content (AvgIpc) is 2.63. The van der Waals surface area contributed by atoms with Crippen LogP contribution in [0.3, 0.4) is 0 Å². The van der Waals surface area contributed by atoms with E-state index in [1.807, 2.05) is 13.8 Å². The van der Waals surface area contributed by atoms with Gasteiger partial charge in [-0.1, -0.05) is 19.0 Å². The summed E-state index contributed by atoms with van der Waals surface area (Å²) in [5.41, 5.74) is 0. The van der Waals surface area contributed by atoms with Crippen LogP contribution in [0.15, 0.2) is 4.52 Å². The molecule has 0 spiro atoms. The topological polar surface area (TPSA) is 99.4 Å². The van der Waals surface area contributed by atoms with E-state index in [9.17, 15) is 13.2 Å². The van der Waals surface area contributed by atoms with Crippen LogP contribution in [0.5, 0.6) is 0 Å². The number of hydrogen-bond acceptors (Lipinski definition) is 7. The first-order chi connectivity index (χ1) is 8.74. The van der Waals surface area contributed by atoms with Crippen molar-refractivity contribution in [3.05, 3.63) is 11.7 Å². The van der Waals surface area contributed by atoms with E-state index < -0.39 is 21.7 Å². The van der Waals surface area contributed by atoms with Crippen LogP contribution < -0.4 is 0 Å². The maximum atomic E-state index is 11.8. The number of carbonyl (C=O) groups is 1. The van der Waals surface area contributed by atoms with E-state index in [1.165, 1.54) is 0 Å². The largest absolute Gasteiger partial charge is 0.465 e. The third-order valence-corrected chi connectivity index (χ3v) is 3.13. The molecule has 8 heteroatoms. The Bertz CT molecular complexity index is 535. The molecule has 0 amide bonds. The second-order valence-corrected chi connectivity index (χ2v) is 6.73. The maximum Gasteiger partial charge on any atom is 0.318 e. The monoisotopic (exact) mass is 290 g/mol. The molecular weight excluding hydrogens is 272 g/mol. The van der Waals surface area contributed by atoms with Gasteiger partial charge in [-0.3, -0.25) is 4.79 Å². The Morgan fingerprint density at radius 3 is 2.53 bits per heavy atom. The van der Waals surface area contributed by atoms with Gasteiger partial charge in [0.1, 0.15) is 11.7 Å². The molecule has 0 N–H and O–H groups in total. The first kappa shape index (κ1) is 15.6. The predicted octanol–water partition coefficient (Wildman–Crippen LogP) is 0.917. The van der Waals surface area contributed by atoms with E-state index >= 15 is 0 Å². The van der Waals surface area contributed by atoms with Crippen molar-refractivity contribution in [3.8, 4) is 0 Å². The summed E-state index contributed by atoms with van der Waals surface area (Å²) in [4.78, 5) is 15.8. The fourth-order valence-electron chi connectivity index (χ4n) is 1.58. The molecule has 0 aromatic carbocycles. The van der Waals surface area contributed by atoms with Gasteiger partial charge in [-0.2, -0.15) is 4.98 Å². The lowest BCUT2D eigenvalue weighted by molar-refractivity contribution is -0.146. The molecule has 1 rings (SSSR count). The highest BCUT2D eigenvalue weighted by atomic mass is 32.2. The minimum atomic E-state index is -3.24. The minimum Gasteiger partial charge on any atom is -0.465 e. The SMILES string of the molecule is CCOC(=O)C(c1nc(CS(C)(=O)=O)no1)C(C)C. The minimum absolute atomic E-state index is 0.0486.